The molecule has 0 bridgehead atoms. The molecule has 8 nitrogen and oxygen atoms in total. The molecular weight excluding hydrogens is 581 g/mol. The molecule has 2 aromatic heterocycles. The zero-order valence-electron chi connectivity index (χ0n) is 25.8. The van der Waals surface area contributed by atoms with Crippen LogP contribution in [0.15, 0.2) is 75.1 Å². The number of hydrogen-bond donors (Lipinski definition) is 0. The maximum absolute atomic E-state index is 6.24. The smallest absolute Gasteiger partial charge is 0.231 e. The van der Waals surface area contributed by atoms with Gasteiger partial charge < -0.3 is 14.1 Å². The summed E-state index contributed by atoms with van der Waals surface area (Å²) in [5.41, 5.74) is 2.77. The van der Waals surface area contributed by atoms with Crippen molar-refractivity contribution < 1.29 is 9.16 Å². The number of ether oxygens (including phenoxy) is 1. The van der Waals surface area contributed by atoms with Crippen molar-refractivity contribution in [3.63, 3.8) is 0 Å². The Kier molecular flexibility index (Phi) is 11.0. The fourth-order valence-corrected chi connectivity index (χ4v) is 6.81. The van der Waals surface area contributed by atoms with Gasteiger partial charge in [-0.05, 0) is 99.4 Å². The minimum absolute atomic E-state index is 0.245. The van der Waals surface area contributed by atoms with Crippen molar-refractivity contribution in [2.24, 2.45) is 20.5 Å². The van der Waals surface area contributed by atoms with E-state index in [2.05, 4.69) is 90.2 Å². The summed E-state index contributed by atoms with van der Waals surface area (Å²) in [5, 5.41) is 19.2. The standard InChI is InChI=1S/C31H42N6O2S2Si/c1-8-37(9-2)25-16-12-23(13-17-25)34-36-30-32-29-27(40-30)22-28(41-29)35-33-24-14-18-26(19-15-24)38-20-10-11-21-39-42(6,7)31(3,4)5/h12-19,22H,8-11,20-21H2,1-7H3. The highest BCUT2D eigenvalue weighted by atomic mass is 32.1. The summed E-state index contributed by atoms with van der Waals surface area (Å²) in [6, 6.07) is 17.8. The first kappa shape index (κ1) is 31.9. The second-order valence-corrected chi connectivity index (χ2v) is 18.3. The van der Waals surface area contributed by atoms with Gasteiger partial charge in [0.2, 0.25) is 5.13 Å². The van der Waals surface area contributed by atoms with E-state index in [1.165, 1.54) is 28.4 Å². The number of hydrogen-bond acceptors (Lipinski definition) is 10. The lowest BCUT2D eigenvalue weighted by Crippen LogP contribution is -2.41. The molecule has 4 rings (SSSR count). The van der Waals surface area contributed by atoms with Gasteiger partial charge in [-0.15, -0.1) is 20.5 Å². The van der Waals surface area contributed by atoms with Gasteiger partial charge in [-0.25, -0.2) is 4.98 Å². The van der Waals surface area contributed by atoms with Gasteiger partial charge in [0.25, 0.3) is 0 Å². The average molecular weight is 623 g/mol. The van der Waals surface area contributed by atoms with Gasteiger partial charge in [0.05, 0.1) is 22.7 Å². The molecule has 0 unspecified atom stereocenters. The summed E-state index contributed by atoms with van der Waals surface area (Å²) < 4.78 is 13.2. The maximum atomic E-state index is 6.24. The predicted molar refractivity (Wildman–Crippen MR) is 180 cm³/mol. The van der Waals surface area contributed by atoms with E-state index in [0.29, 0.717) is 11.7 Å². The van der Waals surface area contributed by atoms with Crippen LogP contribution in [-0.4, -0.2) is 39.6 Å². The van der Waals surface area contributed by atoms with Gasteiger partial charge in [-0.2, -0.15) is 0 Å². The molecule has 42 heavy (non-hydrogen) atoms. The second-order valence-electron chi connectivity index (χ2n) is 11.5. The zero-order chi connectivity index (χ0) is 30.2. The van der Waals surface area contributed by atoms with Crippen LogP contribution in [0.1, 0.15) is 47.5 Å². The highest BCUT2D eigenvalue weighted by Crippen LogP contribution is 2.39. The summed E-state index contributed by atoms with van der Waals surface area (Å²) in [6.07, 6.45) is 1.97. The summed E-state index contributed by atoms with van der Waals surface area (Å²) in [6.45, 7) is 19.1. The van der Waals surface area contributed by atoms with E-state index in [9.17, 15) is 0 Å². The lowest BCUT2D eigenvalue weighted by molar-refractivity contribution is 0.252. The summed E-state index contributed by atoms with van der Waals surface area (Å²) >= 11 is 2.99. The highest BCUT2D eigenvalue weighted by molar-refractivity contribution is 7.30. The molecule has 0 amide bonds. The Morgan fingerprint density at radius 2 is 1.43 bits per heavy atom. The van der Waals surface area contributed by atoms with Crippen LogP contribution >= 0.6 is 22.7 Å². The van der Waals surface area contributed by atoms with E-state index in [-0.39, 0.29) is 5.04 Å². The number of benzene rings is 2. The number of thiophene rings is 1. The summed E-state index contributed by atoms with van der Waals surface area (Å²) in [7, 11) is -1.67. The van der Waals surface area contributed by atoms with Crippen LogP contribution in [0, 0.1) is 0 Å². The number of unbranched alkanes of at least 4 members (excludes halogenated alkanes) is 1. The van der Waals surface area contributed by atoms with E-state index in [0.717, 1.165) is 64.2 Å². The lowest BCUT2D eigenvalue weighted by atomic mass is 10.2. The molecule has 2 heterocycles. The number of fused-ring (bicyclic) bond motifs is 1. The average Bonchev–Trinajstić information content (AvgIpc) is 3.52. The SMILES string of the molecule is CCN(CC)c1ccc(N=Nc2nc3sc(N=Nc4ccc(OCCCCO[Si](C)(C)C(C)(C)C)cc4)cc3s2)cc1. The third kappa shape index (κ3) is 8.76. The Morgan fingerprint density at radius 3 is 2.05 bits per heavy atom. The first-order chi connectivity index (χ1) is 20.1. The molecule has 224 valence electrons. The monoisotopic (exact) mass is 622 g/mol. The van der Waals surface area contributed by atoms with Crippen molar-refractivity contribution in [1.29, 1.82) is 0 Å². The minimum atomic E-state index is -1.67. The van der Waals surface area contributed by atoms with Gasteiger partial charge in [-0.3, -0.25) is 0 Å². The molecule has 0 saturated carbocycles. The number of thiazole rings is 1. The number of azo groups is 2. The van der Waals surface area contributed by atoms with E-state index in [4.69, 9.17) is 9.16 Å². The van der Waals surface area contributed by atoms with Crippen LogP contribution in [0.2, 0.25) is 18.1 Å². The summed E-state index contributed by atoms with van der Waals surface area (Å²) in [4.78, 5) is 7.78. The molecule has 0 spiro atoms. The number of anilines is 1. The fourth-order valence-electron chi connectivity index (χ4n) is 3.88. The van der Waals surface area contributed by atoms with Crippen LogP contribution in [0.5, 0.6) is 5.75 Å². The first-order valence-corrected chi connectivity index (χ1v) is 19.1. The predicted octanol–water partition coefficient (Wildman–Crippen LogP) is 11.2. The lowest BCUT2D eigenvalue weighted by Gasteiger charge is -2.36. The van der Waals surface area contributed by atoms with E-state index >= 15 is 0 Å². The van der Waals surface area contributed by atoms with Crippen LogP contribution in [0.3, 0.4) is 0 Å². The molecule has 0 N–H and O–H groups in total. The van der Waals surface area contributed by atoms with Crippen molar-refractivity contribution in [2.75, 3.05) is 31.2 Å². The molecule has 2 aromatic carbocycles. The Balaban J connectivity index is 1.23. The van der Waals surface area contributed by atoms with Crippen molar-refractivity contribution in [3.8, 4) is 5.75 Å². The van der Waals surface area contributed by atoms with Crippen molar-refractivity contribution >= 4 is 67.7 Å². The Morgan fingerprint density at radius 1 is 0.810 bits per heavy atom. The van der Waals surface area contributed by atoms with Crippen molar-refractivity contribution in [2.45, 2.75) is 65.6 Å². The molecule has 0 radical (unpaired) electrons. The largest absolute Gasteiger partial charge is 0.494 e. The number of nitrogens with zero attached hydrogens (tertiary/aromatic N) is 6. The van der Waals surface area contributed by atoms with E-state index in [1.807, 2.05) is 42.5 Å². The molecule has 11 heteroatoms. The van der Waals surface area contributed by atoms with Crippen LogP contribution in [0.4, 0.5) is 27.2 Å². The Labute approximate surface area is 258 Å². The number of rotatable bonds is 14. The third-order valence-corrected chi connectivity index (χ3v) is 13.9. The topological polar surface area (TPSA) is 84.0 Å². The highest BCUT2D eigenvalue weighted by Gasteiger charge is 2.36. The van der Waals surface area contributed by atoms with Gasteiger partial charge in [0.15, 0.2) is 8.32 Å². The molecule has 4 aromatic rings. The van der Waals surface area contributed by atoms with Crippen LogP contribution in [-0.2, 0) is 4.43 Å². The number of aromatic nitrogens is 1. The molecule has 0 saturated heterocycles. The van der Waals surface area contributed by atoms with Crippen molar-refractivity contribution in [1.82, 2.24) is 4.98 Å². The first-order valence-electron chi connectivity index (χ1n) is 14.5. The normalized spacial score (nSPS) is 12.6. The molecule has 0 aliphatic rings. The van der Waals surface area contributed by atoms with E-state index < -0.39 is 8.32 Å². The maximum Gasteiger partial charge on any atom is 0.231 e. The molecule has 0 aliphatic carbocycles. The molecule has 0 fully saturated rings. The third-order valence-electron chi connectivity index (χ3n) is 7.47. The molecular formula is C31H42N6O2S2Si. The van der Waals surface area contributed by atoms with E-state index in [1.54, 1.807) is 0 Å². The fraction of sp³-hybridized carbons (Fsp3) is 0.452. The molecule has 0 atom stereocenters. The van der Waals surface area contributed by atoms with Crippen LogP contribution in [0.25, 0.3) is 9.53 Å². The quantitative estimate of drug-likeness (QED) is 0.0795. The van der Waals surface area contributed by atoms with Crippen LogP contribution < -0.4 is 9.64 Å². The second kappa shape index (κ2) is 14.5. The Hall–Kier alpha value is -2.99. The van der Waals surface area contributed by atoms with Gasteiger partial charge in [-0.1, -0.05) is 43.4 Å². The van der Waals surface area contributed by atoms with Gasteiger partial charge in [0.1, 0.15) is 15.6 Å². The van der Waals surface area contributed by atoms with Gasteiger partial charge in [0, 0.05) is 25.4 Å². The van der Waals surface area contributed by atoms with Gasteiger partial charge >= 0.3 is 0 Å². The molecule has 0 aliphatic heterocycles. The Bertz CT molecular complexity index is 1440. The summed E-state index contributed by atoms with van der Waals surface area (Å²) in [5.74, 6) is 0.835. The van der Waals surface area contributed by atoms with Crippen molar-refractivity contribution in [3.05, 3.63) is 54.6 Å². The minimum Gasteiger partial charge on any atom is -0.494 e. The zero-order valence-corrected chi connectivity index (χ0v) is 28.4.